The molecule has 0 amide bonds. The van der Waals surface area contributed by atoms with Crippen molar-refractivity contribution in [3.8, 4) is 0 Å². The molecule has 4 heteroatoms. The predicted octanol–water partition coefficient (Wildman–Crippen LogP) is 0.988. The fourth-order valence-corrected chi connectivity index (χ4v) is 1.51. The lowest BCUT2D eigenvalue weighted by Crippen LogP contribution is -2.47. The van der Waals surface area contributed by atoms with E-state index in [-0.39, 0.29) is 6.10 Å². The van der Waals surface area contributed by atoms with E-state index in [1.165, 1.54) is 0 Å². The van der Waals surface area contributed by atoms with Crippen LogP contribution in [0.25, 0.3) is 0 Å². The Balaban J connectivity index is 2.37. The zero-order valence-corrected chi connectivity index (χ0v) is 9.65. The van der Waals surface area contributed by atoms with E-state index in [0.717, 1.165) is 26.1 Å². The summed E-state index contributed by atoms with van der Waals surface area (Å²) in [4.78, 5) is 6.38. The number of allylic oxidation sites excluding steroid dienone is 1. The highest BCUT2D eigenvalue weighted by Crippen LogP contribution is 2.03. The second-order valence-corrected chi connectivity index (χ2v) is 3.71. The summed E-state index contributed by atoms with van der Waals surface area (Å²) in [7, 11) is 0. The van der Waals surface area contributed by atoms with Crippen molar-refractivity contribution in [2.45, 2.75) is 26.4 Å². The van der Waals surface area contributed by atoms with E-state index in [9.17, 15) is 0 Å². The molecule has 0 aromatic carbocycles. The first-order valence-electron chi connectivity index (χ1n) is 5.55. The fourth-order valence-electron chi connectivity index (χ4n) is 1.51. The van der Waals surface area contributed by atoms with Crippen molar-refractivity contribution in [3.63, 3.8) is 0 Å². The minimum absolute atomic E-state index is 0.249. The van der Waals surface area contributed by atoms with Crippen molar-refractivity contribution in [1.82, 2.24) is 4.90 Å². The van der Waals surface area contributed by atoms with Crippen LogP contribution in [0.5, 0.6) is 0 Å². The molecular formula is C11H21N3O. The molecule has 1 atom stereocenters. The maximum Gasteiger partial charge on any atom is 0.191 e. The van der Waals surface area contributed by atoms with Crippen molar-refractivity contribution in [2.75, 3.05) is 26.2 Å². The van der Waals surface area contributed by atoms with E-state index >= 15 is 0 Å². The number of hydrogen-bond acceptors (Lipinski definition) is 2. The van der Waals surface area contributed by atoms with E-state index in [0.29, 0.717) is 12.5 Å². The van der Waals surface area contributed by atoms with Crippen LogP contribution in [0.4, 0.5) is 0 Å². The first kappa shape index (κ1) is 12.0. The fraction of sp³-hybridized carbons (Fsp3) is 0.727. The average Bonchev–Trinajstić information content (AvgIpc) is 2.24. The van der Waals surface area contributed by atoms with Crippen LogP contribution < -0.4 is 5.73 Å². The van der Waals surface area contributed by atoms with Crippen molar-refractivity contribution in [3.05, 3.63) is 12.2 Å². The Morgan fingerprint density at radius 2 is 2.40 bits per heavy atom. The van der Waals surface area contributed by atoms with Crippen molar-refractivity contribution in [2.24, 2.45) is 10.7 Å². The average molecular weight is 211 g/mol. The summed E-state index contributed by atoms with van der Waals surface area (Å²) >= 11 is 0. The lowest BCUT2D eigenvalue weighted by molar-refractivity contribution is 0.00532. The molecule has 0 spiro atoms. The lowest BCUT2D eigenvalue weighted by atomic mass is 10.3. The van der Waals surface area contributed by atoms with Gasteiger partial charge in [-0.25, -0.2) is 4.99 Å². The third-order valence-electron chi connectivity index (χ3n) is 2.33. The summed E-state index contributed by atoms with van der Waals surface area (Å²) in [5.74, 6) is 0.630. The summed E-state index contributed by atoms with van der Waals surface area (Å²) in [5, 5.41) is 0. The van der Waals surface area contributed by atoms with Crippen LogP contribution >= 0.6 is 0 Å². The van der Waals surface area contributed by atoms with Gasteiger partial charge in [0.1, 0.15) is 0 Å². The number of rotatable bonds is 3. The van der Waals surface area contributed by atoms with Crippen LogP contribution in [0, 0.1) is 0 Å². The molecule has 1 saturated heterocycles. The minimum Gasteiger partial charge on any atom is -0.375 e. The van der Waals surface area contributed by atoms with Crippen molar-refractivity contribution >= 4 is 5.96 Å². The van der Waals surface area contributed by atoms with Crippen LogP contribution in [-0.4, -0.2) is 43.2 Å². The Kier molecular flexibility index (Phi) is 5.18. The quantitative estimate of drug-likeness (QED) is 0.430. The van der Waals surface area contributed by atoms with E-state index in [1.807, 2.05) is 6.08 Å². The highest BCUT2D eigenvalue weighted by atomic mass is 16.5. The zero-order chi connectivity index (χ0) is 11.1. The third kappa shape index (κ3) is 4.34. The van der Waals surface area contributed by atoms with E-state index in [1.54, 1.807) is 0 Å². The Labute approximate surface area is 91.8 Å². The van der Waals surface area contributed by atoms with Gasteiger partial charge in [0, 0.05) is 13.1 Å². The Bertz CT molecular complexity index is 238. The van der Waals surface area contributed by atoms with Crippen LogP contribution in [-0.2, 0) is 4.74 Å². The van der Waals surface area contributed by atoms with Crippen LogP contribution in [0.1, 0.15) is 20.3 Å². The minimum atomic E-state index is 0.249. The topological polar surface area (TPSA) is 50.8 Å². The molecule has 1 unspecified atom stereocenters. The molecule has 1 heterocycles. The van der Waals surface area contributed by atoms with Gasteiger partial charge in [-0.15, -0.1) is 0 Å². The van der Waals surface area contributed by atoms with E-state index < -0.39 is 0 Å². The number of hydrogen-bond donors (Lipinski definition) is 1. The number of aliphatic imine (C=N–C) groups is 1. The molecule has 0 aliphatic carbocycles. The van der Waals surface area contributed by atoms with Crippen LogP contribution in [0.2, 0.25) is 0 Å². The monoisotopic (exact) mass is 211 g/mol. The first-order chi connectivity index (χ1) is 7.24. The summed E-state index contributed by atoms with van der Waals surface area (Å²) in [6.45, 7) is 7.25. The van der Waals surface area contributed by atoms with Gasteiger partial charge < -0.3 is 15.4 Å². The number of morpholine rings is 1. The maximum atomic E-state index is 5.88. The van der Waals surface area contributed by atoms with Crippen LogP contribution in [0.15, 0.2) is 17.1 Å². The molecule has 1 rings (SSSR count). The standard InChI is InChI=1S/C11H21N3O/c1-3-4-5-6-13-11(12)14-7-8-15-10(2)9-14/h4-5,10H,3,6-9H2,1-2H3,(H2,12,13)/b5-4+. The Hall–Kier alpha value is -1.03. The number of nitrogens with zero attached hydrogens (tertiary/aromatic N) is 2. The van der Waals surface area contributed by atoms with Crippen LogP contribution in [0.3, 0.4) is 0 Å². The molecule has 0 aromatic rings. The molecule has 0 aromatic heterocycles. The lowest BCUT2D eigenvalue weighted by Gasteiger charge is -2.31. The molecule has 1 aliphatic heterocycles. The van der Waals surface area contributed by atoms with Gasteiger partial charge in [-0.1, -0.05) is 19.1 Å². The van der Waals surface area contributed by atoms with Gasteiger partial charge in [-0.2, -0.15) is 0 Å². The smallest absolute Gasteiger partial charge is 0.191 e. The number of ether oxygens (including phenoxy) is 1. The Morgan fingerprint density at radius 1 is 1.60 bits per heavy atom. The summed E-state index contributed by atoms with van der Waals surface area (Å²) in [6.07, 6.45) is 5.43. The van der Waals surface area contributed by atoms with Gasteiger partial charge in [0.05, 0.1) is 19.3 Å². The Morgan fingerprint density at radius 3 is 3.07 bits per heavy atom. The molecule has 0 saturated carbocycles. The summed E-state index contributed by atoms with van der Waals surface area (Å²) in [6, 6.07) is 0. The molecule has 15 heavy (non-hydrogen) atoms. The van der Waals surface area contributed by atoms with E-state index in [2.05, 4.69) is 29.8 Å². The summed E-state index contributed by atoms with van der Waals surface area (Å²) < 4.78 is 5.44. The summed E-state index contributed by atoms with van der Waals surface area (Å²) in [5.41, 5.74) is 5.88. The van der Waals surface area contributed by atoms with Gasteiger partial charge in [-0.05, 0) is 13.3 Å². The first-order valence-corrected chi connectivity index (χ1v) is 5.55. The van der Waals surface area contributed by atoms with Gasteiger partial charge in [0.25, 0.3) is 0 Å². The SMILES string of the molecule is CC/C=C/CN=C(N)N1CCOC(C)C1. The highest BCUT2D eigenvalue weighted by Gasteiger charge is 2.17. The van der Waals surface area contributed by atoms with Crippen molar-refractivity contribution in [1.29, 1.82) is 0 Å². The zero-order valence-electron chi connectivity index (χ0n) is 9.65. The maximum absolute atomic E-state index is 5.88. The molecule has 2 N–H and O–H groups in total. The molecule has 86 valence electrons. The van der Waals surface area contributed by atoms with Gasteiger partial charge in [-0.3, -0.25) is 0 Å². The van der Waals surface area contributed by atoms with E-state index in [4.69, 9.17) is 10.5 Å². The molecule has 4 nitrogen and oxygen atoms in total. The normalized spacial score (nSPS) is 23.7. The largest absolute Gasteiger partial charge is 0.375 e. The predicted molar refractivity (Wildman–Crippen MR) is 62.9 cm³/mol. The second kappa shape index (κ2) is 6.45. The number of nitrogens with two attached hydrogens (primary N) is 1. The number of guanidine groups is 1. The molecule has 1 aliphatic rings. The van der Waals surface area contributed by atoms with Gasteiger partial charge in [0.15, 0.2) is 5.96 Å². The highest BCUT2D eigenvalue weighted by molar-refractivity contribution is 5.78. The third-order valence-corrected chi connectivity index (χ3v) is 2.33. The molecular weight excluding hydrogens is 190 g/mol. The van der Waals surface area contributed by atoms with Crippen molar-refractivity contribution < 1.29 is 4.74 Å². The molecule has 0 radical (unpaired) electrons. The second-order valence-electron chi connectivity index (χ2n) is 3.71. The molecule has 0 bridgehead atoms. The molecule has 1 fully saturated rings. The van der Waals surface area contributed by atoms with Gasteiger partial charge in [0.2, 0.25) is 0 Å². The van der Waals surface area contributed by atoms with Gasteiger partial charge >= 0.3 is 0 Å².